The molecule has 0 unspecified atom stereocenters. The predicted molar refractivity (Wildman–Crippen MR) is 67.8 cm³/mol. The molecule has 0 aliphatic heterocycles. The molecular formula is C14H16N2O. The van der Waals surface area contributed by atoms with Crippen LogP contribution in [0.15, 0.2) is 48.8 Å². The second kappa shape index (κ2) is 6.01. The Bertz CT molecular complexity index is 440. The van der Waals surface area contributed by atoms with Crippen molar-refractivity contribution in [2.45, 2.75) is 13.1 Å². The topological polar surface area (TPSA) is 34.1 Å². The summed E-state index contributed by atoms with van der Waals surface area (Å²) >= 11 is 0. The highest BCUT2D eigenvalue weighted by Gasteiger charge is 1.95. The molecule has 1 N–H and O–H groups in total. The number of methoxy groups -OCH3 is 1. The van der Waals surface area contributed by atoms with E-state index in [1.807, 2.05) is 24.4 Å². The zero-order chi connectivity index (χ0) is 11.9. The van der Waals surface area contributed by atoms with Crippen molar-refractivity contribution in [3.8, 4) is 5.75 Å². The van der Waals surface area contributed by atoms with Gasteiger partial charge in [-0.2, -0.15) is 0 Å². The first-order chi connectivity index (χ1) is 8.38. The van der Waals surface area contributed by atoms with Gasteiger partial charge < -0.3 is 10.1 Å². The average molecular weight is 228 g/mol. The van der Waals surface area contributed by atoms with Gasteiger partial charge in [0.2, 0.25) is 0 Å². The lowest BCUT2D eigenvalue weighted by atomic mass is 10.2. The van der Waals surface area contributed by atoms with Crippen LogP contribution in [0.2, 0.25) is 0 Å². The van der Waals surface area contributed by atoms with Crippen LogP contribution in [0.4, 0.5) is 0 Å². The summed E-state index contributed by atoms with van der Waals surface area (Å²) in [6, 6.07) is 12.1. The predicted octanol–water partition coefficient (Wildman–Crippen LogP) is 2.38. The molecule has 0 amide bonds. The van der Waals surface area contributed by atoms with Crippen LogP contribution in [0, 0.1) is 0 Å². The van der Waals surface area contributed by atoms with Gasteiger partial charge in [-0.15, -0.1) is 0 Å². The van der Waals surface area contributed by atoms with E-state index in [-0.39, 0.29) is 0 Å². The molecule has 3 nitrogen and oxygen atoms in total. The molecule has 17 heavy (non-hydrogen) atoms. The fraction of sp³-hybridized carbons (Fsp3) is 0.214. The second-order valence-electron chi connectivity index (χ2n) is 3.81. The minimum Gasteiger partial charge on any atom is -0.497 e. The molecule has 88 valence electrons. The number of nitrogens with one attached hydrogen (secondary N) is 1. The van der Waals surface area contributed by atoms with E-state index < -0.39 is 0 Å². The smallest absolute Gasteiger partial charge is 0.118 e. The number of ether oxygens (including phenoxy) is 1. The van der Waals surface area contributed by atoms with E-state index in [9.17, 15) is 0 Å². The van der Waals surface area contributed by atoms with Gasteiger partial charge >= 0.3 is 0 Å². The highest BCUT2D eigenvalue weighted by atomic mass is 16.5. The molecular weight excluding hydrogens is 212 g/mol. The second-order valence-corrected chi connectivity index (χ2v) is 3.81. The van der Waals surface area contributed by atoms with Crippen LogP contribution in [0.1, 0.15) is 11.1 Å². The summed E-state index contributed by atoms with van der Waals surface area (Å²) in [5.41, 5.74) is 2.44. The molecule has 0 saturated carbocycles. The van der Waals surface area contributed by atoms with Crippen molar-refractivity contribution >= 4 is 0 Å². The Hall–Kier alpha value is -1.87. The first-order valence-electron chi connectivity index (χ1n) is 5.61. The van der Waals surface area contributed by atoms with Crippen LogP contribution < -0.4 is 10.1 Å². The van der Waals surface area contributed by atoms with Crippen LogP contribution >= 0.6 is 0 Å². The van der Waals surface area contributed by atoms with Gasteiger partial charge in [0.15, 0.2) is 0 Å². The normalized spacial score (nSPS) is 10.2. The van der Waals surface area contributed by atoms with E-state index >= 15 is 0 Å². The lowest BCUT2D eigenvalue weighted by molar-refractivity contribution is 0.414. The lowest BCUT2D eigenvalue weighted by Gasteiger charge is -2.05. The third kappa shape index (κ3) is 3.57. The number of benzene rings is 1. The minimum atomic E-state index is 0.833. The molecule has 0 atom stereocenters. The highest BCUT2D eigenvalue weighted by Crippen LogP contribution is 2.11. The van der Waals surface area contributed by atoms with E-state index in [0.717, 1.165) is 18.8 Å². The van der Waals surface area contributed by atoms with Crippen LogP contribution in [0.3, 0.4) is 0 Å². The van der Waals surface area contributed by atoms with Gasteiger partial charge in [-0.1, -0.05) is 18.2 Å². The quantitative estimate of drug-likeness (QED) is 0.853. The summed E-state index contributed by atoms with van der Waals surface area (Å²) < 4.78 is 5.11. The molecule has 0 bridgehead atoms. The van der Waals surface area contributed by atoms with Gasteiger partial charge in [0, 0.05) is 25.5 Å². The Labute approximate surface area is 101 Å². The zero-order valence-corrected chi connectivity index (χ0v) is 9.89. The average Bonchev–Trinajstić information content (AvgIpc) is 2.41. The Morgan fingerprint density at radius 3 is 2.47 bits per heavy atom. The fourth-order valence-corrected chi connectivity index (χ4v) is 1.60. The molecule has 0 aliphatic rings. The van der Waals surface area contributed by atoms with Crippen molar-refractivity contribution in [1.82, 2.24) is 10.3 Å². The van der Waals surface area contributed by atoms with Crippen molar-refractivity contribution < 1.29 is 4.74 Å². The maximum Gasteiger partial charge on any atom is 0.118 e. The van der Waals surface area contributed by atoms with E-state index in [0.29, 0.717) is 0 Å². The van der Waals surface area contributed by atoms with Crippen molar-refractivity contribution in [2.75, 3.05) is 7.11 Å². The third-order valence-corrected chi connectivity index (χ3v) is 2.54. The molecule has 1 aromatic carbocycles. The third-order valence-electron chi connectivity index (χ3n) is 2.54. The number of pyridine rings is 1. The van der Waals surface area contributed by atoms with E-state index in [4.69, 9.17) is 4.74 Å². The summed E-state index contributed by atoms with van der Waals surface area (Å²) in [7, 11) is 1.68. The van der Waals surface area contributed by atoms with Crippen molar-refractivity contribution in [3.63, 3.8) is 0 Å². The van der Waals surface area contributed by atoms with E-state index in [1.165, 1.54) is 11.1 Å². The summed E-state index contributed by atoms with van der Waals surface area (Å²) in [5.74, 6) is 0.890. The largest absolute Gasteiger partial charge is 0.497 e. The highest BCUT2D eigenvalue weighted by molar-refractivity contribution is 5.27. The number of hydrogen-bond donors (Lipinski definition) is 1. The van der Waals surface area contributed by atoms with Crippen molar-refractivity contribution in [2.24, 2.45) is 0 Å². The van der Waals surface area contributed by atoms with Crippen LogP contribution in [-0.2, 0) is 13.1 Å². The summed E-state index contributed by atoms with van der Waals surface area (Å²) in [6.45, 7) is 1.68. The first-order valence-corrected chi connectivity index (χ1v) is 5.61. The van der Waals surface area contributed by atoms with E-state index in [1.54, 1.807) is 13.3 Å². The first kappa shape index (κ1) is 11.6. The molecule has 2 aromatic rings. The van der Waals surface area contributed by atoms with Crippen molar-refractivity contribution in [1.29, 1.82) is 0 Å². The van der Waals surface area contributed by atoms with E-state index in [2.05, 4.69) is 28.5 Å². The molecule has 0 fully saturated rings. The number of nitrogens with zero attached hydrogens (tertiary/aromatic N) is 1. The molecule has 3 heteroatoms. The van der Waals surface area contributed by atoms with Gasteiger partial charge in [0.1, 0.15) is 5.75 Å². The SMILES string of the molecule is COc1ccc(CNCc2cccnc2)cc1. The van der Waals surface area contributed by atoms with Gasteiger partial charge in [-0.25, -0.2) is 0 Å². The molecule has 0 aliphatic carbocycles. The van der Waals surface area contributed by atoms with Crippen molar-refractivity contribution in [3.05, 3.63) is 59.9 Å². The number of rotatable bonds is 5. The van der Waals surface area contributed by atoms with Gasteiger partial charge in [0.25, 0.3) is 0 Å². The standard InChI is InChI=1S/C14H16N2O/c1-17-14-6-4-12(5-7-14)9-16-11-13-3-2-8-15-10-13/h2-8,10,16H,9,11H2,1H3. The summed E-state index contributed by atoms with van der Waals surface area (Å²) in [5, 5.41) is 3.37. The Kier molecular flexibility index (Phi) is 4.11. The molecule has 0 saturated heterocycles. The number of hydrogen-bond acceptors (Lipinski definition) is 3. The Balaban J connectivity index is 1.82. The molecule has 1 aromatic heterocycles. The monoisotopic (exact) mass is 228 g/mol. The Morgan fingerprint density at radius 1 is 1.06 bits per heavy atom. The fourth-order valence-electron chi connectivity index (χ4n) is 1.60. The van der Waals surface area contributed by atoms with Crippen LogP contribution in [-0.4, -0.2) is 12.1 Å². The number of aromatic nitrogens is 1. The summed E-state index contributed by atoms with van der Waals surface area (Å²) in [6.07, 6.45) is 3.66. The van der Waals surface area contributed by atoms with Crippen LogP contribution in [0.5, 0.6) is 5.75 Å². The summed E-state index contributed by atoms with van der Waals surface area (Å²) in [4.78, 5) is 4.08. The maximum atomic E-state index is 5.11. The van der Waals surface area contributed by atoms with Gasteiger partial charge in [-0.3, -0.25) is 4.98 Å². The zero-order valence-electron chi connectivity index (χ0n) is 9.89. The molecule has 0 spiro atoms. The minimum absolute atomic E-state index is 0.833. The molecule has 2 rings (SSSR count). The van der Waals surface area contributed by atoms with Gasteiger partial charge in [-0.05, 0) is 29.3 Å². The molecule has 0 radical (unpaired) electrons. The lowest BCUT2D eigenvalue weighted by Crippen LogP contribution is -2.12. The molecule has 1 heterocycles. The maximum absolute atomic E-state index is 5.11. The van der Waals surface area contributed by atoms with Crippen LogP contribution in [0.25, 0.3) is 0 Å². The Morgan fingerprint density at radius 2 is 1.82 bits per heavy atom. The van der Waals surface area contributed by atoms with Gasteiger partial charge in [0.05, 0.1) is 7.11 Å².